The SMILES string of the molecule is CC(C)C1=C2[C@H]3CC[C@@H]4[C@@]5(C)CC[C@H](OC(=O)[C@H]6C[C@@H](C(=O)O)C6(C)C)C(C)(C)[C@@H]5CC[C@@]4(C)[C@]3(C)CC[C@@]2(CCNCC(C)(C)NC(=O)c2ccc(O[C@@H]3CCOC3)cc2)CC1O. The molecule has 0 bridgehead atoms. The summed E-state index contributed by atoms with van der Waals surface area (Å²) in [6.45, 7) is 27.8. The molecule has 8 rings (SSSR count). The van der Waals surface area contributed by atoms with Gasteiger partial charge in [-0.25, -0.2) is 0 Å². The molecule has 1 heterocycles. The third-order valence-corrected chi connectivity index (χ3v) is 19.9. The first-order chi connectivity index (χ1) is 29.9. The van der Waals surface area contributed by atoms with E-state index in [2.05, 4.69) is 72.9 Å². The van der Waals surface area contributed by atoms with Gasteiger partial charge in [0.2, 0.25) is 0 Å². The number of hydrogen-bond donors (Lipinski definition) is 4. The minimum absolute atomic E-state index is 0.0360. The maximum absolute atomic E-state index is 13.7. The van der Waals surface area contributed by atoms with Crippen LogP contribution in [0, 0.1) is 68.0 Å². The largest absolute Gasteiger partial charge is 0.488 e. The number of carbonyl (C=O) groups is 3. The van der Waals surface area contributed by atoms with Crippen molar-refractivity contribution >= 4 is 17.8 Å². The van der Waals surface area contributed by atoms with Crippen molar-refractivity contribution in [2.75, 3.05) is 26.3 Å². The highest BCUT2D eigenvalue weighted by Gasteiger charge is 2.70. The second kappa shape index (κ2) is 16.7. The van der Waals surface area contributed by atoms with Crippen LogP contribution >= 0.6 is 0 Å². The monoisotopic (exact) mass is 887 g/mol. The number of carboxylic acids is 1. The summed E-state index contributed by atoms with van der Waals surface area (Å²) in [5.41, 5.74) is 2.57. The van der Waals surface area contributed by atoms with Crippen LogP contribution in [-0.4, -0.2) is 78.2 Å². The summed E-state index contributed by atoms with van der Waals surface area (Å²) in [5.74, 6) is 0.435. The molecule has 6 aliphatic carbocycles. The van der Waals surface area contributed by atoms with E-state index in [1.54, 1.807) is 5.57 Å². The van der Waals surface area contributed by atoms with Gasteiger partial charge in [-0.05, 0) is 172 Å². The van der Waals surface area contributed by atoms with Gasteiger partial charge >= 0.3 is 11.9 Å². The van der Waals surface area contributed by atoms with Gasteiger partial charge < -0.3 is 35.1 Å². The first kappa shape index (κ1) is 47.5. The van der Waals surface area contributed by atoms with E-state index >= 15 is 0 Å². The highest BCUT2D eigenvalue weighted by molar-refractivity contribution is 5.94. The Morgan fingerprint density at radius 3 is 2.22 bits per heavy atom. The van der Waals surface area contributed by atoms with E-state index in [0.717, 1.165) is 83.1 Å². The molecule has 12 atom stereocenters. The zero-order valence-electron chi connectivity index (χ0n) is 41.2. The molecule has 10 heteroatoms. The number of fused-ring (bicyclic) bond motifs is 7. The predicted octanol–water partition coefficient (Wildman–Crippen LogP) is 9.77. The normalized spacial score (nSPS) is 39.8. The topological polar surface area (TPSA) is 143 Å². The van der Waals surface area contributed by atoms with Gasteiger partial charge in [0.05, 0.1) is 31.2 Å². The molecule has 64 heavy (non-hydrogen) atoms. The fourth-order valence-corrected chi connectivity index (χ4v) is 16.1. The van der Waals surface area contributed by atoms with Crippen LogP contribution in [0.4, 0.5) is 0 Å². The van der Waals surface area contributed by atoms with Crippen molar-refractivity contribution in [3.63, 3.8) is 0 Å². The van der Waals surface area contributed by atoms with Crippen molar-refractivity contribution < 1.29 is 38.8 Å². The summed E-state index contributed by atoms with van der Waals surface area (Å²) in [6, 6.07) is 7.38. The maximum atomic E-state index is 13.7. The van der Waals surface area contributed by atoms with Crippen LogP contribution in [0.5, 0.6) is 5.75 Å². The van der Waals surface area contributed by atoms with Crippen molar-refractivity contribution in [2.45, 2.75) is 177 Å². The molecule has 10 nitrogen and oxygen atoms in total. The Morgan fingerprint density at radius 1 is 0.859 bits per heavy atom. The standard InChI is InChI=1S/C54H82N2O8/c1-32(2)43-39(57)29-54(25-26-55-31-48(3,4)56-45(58)33-12-14-34(15-13-33)63-35-20-27-62-30-35)24-23-52(10)36(44(43)54)16-17-41-51(9)21-19-42(50(7,8)40(51)18-22-53(41,52)11)64-47(61)38-28-37(46(59)60)49(38,5)6/h12-15,32,35-42,55,57H,16-31H2,1-11H3,(H,56,58)(H,59,60)/t35-,36-,37+,38-,39?,40+,41-,42+,51+,52-,53-,54-/m1/s1. The Kier molecular flexibility index (Phi) is 12.4. The van der Waals surface area contributed by atoms with Crippen molar-refractivity contribution in [1.29, 1.82) is 0 Å². The molecule has 0 aromatic heterocycles. The van der Waals surface area contributed by atoms with E-state index in [-0.39, 0.29) is 63.0 Å². The number of aliphatic hydroxyl groups excluding tert-OH is 1. The fourth-order valence-electron chi connectivity index (χ4n) is 16.1. The number of carbonyl (C=O) groups excluding carboxylic acids is 2. The van der Waals surface area contributed by atoms with Gasteiger partial charge in [-0.15, -0.1) is 0 Å². The van der Waals surface area contributed by atoms with Gasteiger partial charge in [0.1, 0.15) is 18.0 Å². The Labute approximate surface area is 384 Å². The molecule has 1 unspecified atom stereocenters. The molecule has 7 aliphatic rings. The summed E-state index contributed by atoms with van der Waals surface area (Å²) < 4.78 is 17.9. The number of benzene rings is 1. The first-order valence-corrected chi connectivity index (χ1v) is 25.1. The van der Waals surface area contributed by atoms with Gasteiger partial charge in [-0.2, -0.15) is 0 Å². The quantitative estimate of drug-likeness (QED) is 0.0865. The molecule has 0 spiro atoms. The Balaban J connectivity index is 0.932. The number of nitrogens with one attached hydrogen (secondary N) is 2. The molecule has 1 saturated heterocycles. The molecule has 1 aliphatic heterocycles. The van der Waals surface area contributed by atoms with Crippen LogP contribution in [-0.2, 0) is 19.1 Å². The van der Waals surface area contributed by atoms with Crippen LogP contribution in [0.3, 0.4) is 0 Å². The maximum Gasteiger partial charge on any atom is 0.309 e. The number of amides is 1. The van der Waals surface area contributed by atoms with Crippen LogP contribution in [0.15, 0.2) is 35.4 Å². The molecule has 5 saturated carbocycles. The number of allylic oxidation sites excluding steroid dienone is 1. The van der Waals surface area contributed by atoms with Gasteiger partial charge in [0.25, 0.3) is 5.91 Å². The van der Waals surface area contributed by atoms with Gasteiger partial charge in [-0.3, -0.25) is 14.4 Å². The highest BCUT2D eigenvalue weighted by Crippen LogP contribution is 2.77. The first-order valence-electron chi connectivity index (χ1n) is 25.1. The zero-order chi connectivity index (χ0) is 46.4. The van der Waals surface area contributed by atoms with E-state index in [1.165, 1.54) is 12.0 Å². The summed E-state index contributed by atoms with van der Waals surface area (Å²) >= 11 is 0. The van der Waals surface area contributed by atoms with Crippen molar-refractivity contribution in [3.8, 4) is 5.75 Å². The lowest BCUT2D eigenvalue weighted by Crippen LogP contribution is -2.66. The molecule has 4 N–H and O–H groups in total. The van der Waals surface area contributed by atoms with Crippen LogP contribution < -0.4 is 15.4 Å². The molecule has 1 aromatic carbocycles. The Bertz CT molecular complexity index is 1980. The fraction of sp³-hybridized carbons (Fsp3) is 0.796. The van der Waals surface area contributed by atoms with E-state index in [0.29, 0.717) is 42.9 Å². The summed E-state index contributed by atoms with van der Waals surface area (Å²) in [4.78, 5) is 38.9. The van der Waals surface area contributed by atoms with E-state index < -0.39 is 28.9 Å². The van der Waals surface area contributed by atoms with Crippen LogP contribution in [0.2, 0.25) is 0 Å². The predicted molar refractivity (Wildman–Crippen MR) is 249 cm³/mol. The number of rotatable bonds is 13. The number of carboxylic acid groups (broad SMARTS) is 1. The number of aliphatic carboxylic acids is 1. The molecule has 0 radical (unpaired) electrons. The summed E-state index contributed by atoms with van der Waals surface area (Å²) in [5, 5.41) is 28.7. The molecule has 356 valence electrons. The second-order valence-electron chi connectivity index (χ2n) is 24.8. The lowest BCUT2D eigenvalue weighted by Gasteiger charge is -2.72. The average molecular weight is 887 g/mol. The third kappa shape index (κ3) is 7.77. The molecule has 1 amide bonds. The summed E-state index contributed by atoms with van der Waals surface area (Å²) in [7, 11) is 0. The lowest BCUT2D eigenvalue weighted by molar-refractivity contribution is -0.236. The van der Waals surface area contributed by atoms with Crippen molar-refractivity contribution in [3.05, 3.63) is 41.0 Å². The van der Waals surface area contributed by atoms with Crippen LogP contribution in [0.1, 0.15) is 164 Å². The Hall–Kier alpha value is -2.95. The molecule has 1 aromatic rings. The molecule has 6 fully saturated rings. The Morgan fingerprint density at radius 2 is 1.58 bits per heavy atom. The number of esters is 1. The zero-order valence-corrected chi connectivity index (χ0v) is 41.2. The van der Waals surface area contributed by atoms with E-state index in [1.807, 2.05) is 38.1 Å². The lowest BCUT2D eigenvalue weighted by atomic mass is 9.33. The van der Waals surface area contributed by atoms with Crippen LogP contribution in [0.25, 0.3) is 0 Å². The second-order valence-corrected chi connectivity index (χ2v) is 24.8. The average Bonchev–Trinajstić information content (AvgIpc) is 3.82. The smallest absolute Gasteiger partial charge is 0.309 e. The van der Waals surface area contributed by atoms with Gasteiger partial charge in [-0.1, -0.05) is 67.9 Å². The van der Waals surface area contributed by atoms with Gasteiger partial charge in [0, 0.05) is 29.5 Å². The number of hydrogen-bond acceptors (Lipinski definition) is 8. The minimum atomic E-state index is -0.822. The van der Waals surface area contributed by atoms with Gasteiger partial charge in [0.15, 0.2) is 0 Å². The molecular formula is C54H82N2O8. The third-order valence-electron chi connectivity index (χ3n) is 19.9. The highest BCUT2D eigenvalue weighted by atomic mass is 16.6. The van der Waals surface area contributed by atoms with Crippen molar-refractivity contribution in [1.82, 2.24) is 10.6 Å². The minimum Gasteiger partial charge on any atom is -0.488 e. The molecular weight excluding hydrogens is 805 g/mol. The van der Waals surface area contributed by atoms with E-state index in [4.69, 9.17) is 14.2 Å². The number of aliphatic hydroxyl groups is 1. The van der Waals surface area contributed by atoms with E-state index in [9.17, 15) is 24.6 Å². The number of ether oxygens (including phenoxy) is 3. The van der Waals surface area contributed by atoms with Crippen molar-refractivity contribution in [2.24, 2.45) is 68.0 Å². The summed E-state index contributed by atoms with van der Waals surface area (Å²) in [6.07, 6.45) is 11.2.